The zero-order chi connectivity index (χ0) is 13.7. The number of pyridine rings is 1. The SMILES string of the molecule is CCCNc1cc(C(=O)NC2CCCC2)cc(Cl)n1. The van der Waals surface area contributed by atoms with Gasteiger partial charge in [0.25, 0.3) is 5.91 Å². The molecule has 0 saturated heterocycles. The Bertz CT molecular complexity index is 444. The predicted octanol–water partition coefficient (Wildman–Crippen LogP) is 3.23. The van der Waals surface area contributed by atoms with Crippen LogP contribution in [0.2, 0.25) is 5.15 Å². The first-order valence-corrected chi connectivity index (χ1v) is 7.29. The molecule has 0 bridgehead atoms. The third-order valence-corrected chi connectivity index (χ3v) is 3.50. The molecule has 0 aliphatic heterocycles. The summed E-state index contributed by atoms with van der Waals surface area (Å²) in [6, 6.07) is 3.68. The maximum atomic E-state index is 12.2. The Kier molecular flexibility index (Phi) is 5.02. The lowest BCUT2D eigenvalue weighted by Gasteiger charge is -2.13. The summed E-state index contributed by atoms with van der Waals surface area (Å²) in [6.45, 7) is 2.89. The van der Waals surface area contributed by atoms with Crippen LogP contribution >= 0.6 is 11.6 Å². The molecule has 1 aromatic rings. The number of rotatable bonds is 5. The minimum Gasteiger partial charge on any atom is -0.370 e. The molecule has 19 heavy (non-hydrogen) atoms. The molecular formula is C14H20ClN3O. The third-order valence-electron chi connectivity index (χ3n) is 3.30. The van der Waals surface area contributed by atoms with Gasteiger partial charge >= 0.3 is 0 Å². The van der Waals surface area contributed by atoms with Crippen molar-refractivity contribution in [1.82, 2.24) is 10.3 Å². The van der Waals surface area contributed by atoms with Crippen molar-refractivity contribution in [3.63, 3.8) is 0 Å². The molecule has 104 valence electrons. The fourth-order valence-electron chi connectivity index (χ4n) is 2.31. The van der Waals surface area contributed by atoms with E-state index in [0.717, 1.165) is 25.8 Å². The first kappa shape index (κ1) is 14.1. The predicted molar refractivity (Wildman–Crippen MR) is 77.7 cm³/mol. The summed E-state index contributed by atoms with van der Waals surface area (Å²) in [4.78, 5) is 16.3. The summed E-state index contributed by atoms with van der Waals surface area (Å²) in [7, 11) is 0. The fourth-order valence-corrected chi connectivity index (χ4v) is 2.52. The van der Waals surface area contributed by atoms with Gasteiger partial charge < -0.3 is 10.6 Å². The van der Waals surface area contributed by atoms with Gasteiger partial charge in [0.1, 0.15) is 11.0 Å². The number of aromatic nitrogens is 1. The van der Waals surface area contributed by atoms with Gasteiger partial charge in [0.05, 0.1) is 0 Å². The Labute approximate surface area is 118 Å². The number of anilines is 1. The average Bonchev–Trinajstić information content (AvgIpc) is 2.88. The summed E-state index contributed by atoms with van der Waals surface area (Å²) < 4.78 is 0. The monoisotopic (exact) mass is 281 g/mol. The van der Waals surface area contributed by atoms with E-state index >= 15 is 0 Å². The van der Waals surface area contributed by atoms with Crippen molar-refractivity contribution in [3.05, 3.63) is 22.8 Å². The van der Waals surface area contributed by atoms with E-state index < -0.39 is 0 Å². The topological polar surface area (TPSA) is 54.0 Å². The van der Waals surface area contributed by atoms with E-state index in [-0.39, 0.29) is 5.91 Å². The van der Waals surface area contributed by atoms with Crippen molar-refractivity contribution in [2.75, 3.05) is 11.9 Å². The molecule has 5 heteroatoms. The molecule has 1 aliphatic carbocycles. The molecule has 1 heterocycles. The summed E-state index contributed by atoms with van der Waals surface area (Å²) in [5, 5.41) is 6.55. The van der Waals surface area contributed by atoms with Crippen molar-refractivity contribution in [2.45, 2.75) is 45.1 Å². The van der Waals surface area contributed by atoms with Crippen LogP contribution in [0.5, 0.6) is 0 Å². The van der Waals surface area contributed by atoms with E-state index in [4.69, 9.17) is 11.6 Å². The van der Waals surface area contributed by atoms with Crippen LogP contribution in [0.3, 0.4) is 0 Å². The Morgan fingerprint density at radius 2 is 2.16 bits per heavy atom. The molecule has 2 N–H and O–H groups in total. The van der Waals surface area contributed by atoms with Crippen LogP contribution in [0.25, 0.3) is 0 Å². The molecule has 0 aromatic carbocycles. The average molecular weight is 282 g/mol. The van der Waals surface area contributed by atoms with Crippen LogP contribution in [0.1, 0.15) is 49.4 Å². The van der Waals surface area contributed by atoms with Crippen LogP contribution < -0.4 is 10.6 Å². The fraction of sp³-hybridized carbons (Fsp3) is 0.571. The van der Waals surface area contributed by atoms with Gasteiger partial charge in [-0.05, 0) is 31.4 Å². The molecule has 2 rings (SSSR count). The second-order valence-corrected chi connectivity index (χ2v) is 5.33. The maximum Gasteiger partial charge on any atom is 0.251 e. The quantitative estimate of drug-likeness (QED) is 0.815. The second kappa shape index (κ2) is 6.75. The van der Waals surface area contributed by atoms with Crippen molar-refractivity contribution in [1.29, 1.82) is 0 Å². The standard InChI is InChI=1S/C14H20ClN3O/c1-2-7-16-13-9-10(8-12(15)18-13)14(19)17-11-5-3-4-6-11/h8-9,11H,2-7H2,1H3,(H,16,18)(H,17,19). The van der Waals surface area contributed by atoms with Gasteiger partial charge in [0.2, 0.25) is 0 Å². The van der Waals surface area contributed by atoms with Crippen molar-refractivity contribution >= 4 is 23.3 Å². The first-order chi connectivity index (χ1) is 9.19. The van der Waals surface area contributed by atoms with E-state index in [2.05, 4.69) is 22.5 Å². The van der Waals surface area contributed by atoms with Gasteiger partial charge in [0.15, 0.2) is 0 Å². The lowest BCUT2D eigenvalue weighted by Crippen LogP contribution is -2.32. The summed E-state index contributed by atoms with van der Waals surface area (Å²) >= 11 is 5.96. The van der Waals surface area contributed by atoms with E-state index in [1.807, 2.05) is 0 Å². The molecule has 1 amide bonds. The Morgan fingerprint density at radius 1 is 1.42 bits per heavy atom. The summed E-state index contributed by atoms with van der Waals surface area (Å²) in [6.07, 6.45) is 5.55. The van der Waals surface area contributed by atoms with Gasteiger partial charge in [0, 0.05) is 18.2 Å². The number of carbonyl (C=O) groups is 1. The number of hydrogen-bond donors (Lipinski definition) is 2. The van der Waals surface area contributed by atoms with Crippen LogP contribution in [0.4, 0.5) is 5.82 Å². The number of hydrogen-bond acceptors (Lipinski definition) is 3. The molecule has 4 nitrogen and oxygen atoms in total. The van der Waals surface area contributed by atoms with Crippen LogP contribution in [-0.4, -0.2) is 23.5 Å². The highest BCUT2D eigenvalue weighted by Gasteiger charge is 2.18. The van der Waals surface area contributed by atoms with Crippen LogP contribution in [-0.2, 0) is 0 Å². The number of amides is 1. The van der Waals surface area contributed by atoms with E-state index in [0.29, 0.717) is 22.6 Å². The molecule has 1 aliphatic rings. The number of nitrogens with one attached hydrogen (secondary N) is 2. The number of carbonyl (C=O) groups excluding carboxylic acids is 1. The number of nitrogens with zero attached hydrogens (tertiary/aromatic N) is 1. The Hall–Kier alpha value is -1.29. The van der Waals surface area contributed by atoms with E-state index in [1.54, 1.807) is 12.1 Å². The lowest BCUT2D eigenvalue weighted by atomic mass is 10.2. The lowest BCUT2D eigenvalue weighted by molar-refractivity contribution is 0.0938. The molecule has 1 saturated carbocycles. The Balaban J connectivity index is 2.04. The van der Waals surface area contributed by atoms with E-state index in [9.17, 15) is 4.79 Å². The highest BCUT2D eigenvalue weighted by molar-refractivity contribution is 6.29. The van der Waals surface area contributed by atoms with Crippen LogP contribution in [0, 0.1) is 0 Å². The van der Waals surface area contributed by atoms with Crippen molar-refractivity contribution in [3.8, 4) is 0 Å². The molecular weight excluding hydrogens is 262 g/mol. The number of halogens is 1. The molecule has 1 fully saturated rings. The van der Waals surface area contributed by atoms with Gasteiger partial charge in [-0.2, -0.15) is 0 Å². The Morgan fingerprint density at radius 3 is 2.84 bits per heavy atom. The molecule has 0 unspecified atom stereocenters. The zero-order valence-electron chi connectivity index (χ0n) is 11.2. The summed E-state index contributed by atoms with van der Waals surface area (Å²) in [5.41, 5.74) is 0.575. The van der Waals surface area contributed by atoms with Gasteiger partial charge in [-0.15, -0.1) is 0 Å². The third kappa shape index (κ3) is 4.10. The molecule has 0 radical (unpaired) electrons. The van der Waals surface area contributed by atoms with Crippen molar-refractivity contribution < 1.29 is 4.79 Å². The zero-order valence-corrected chi connectivity index (χ0v) is 12.0. The summed E-state index contributed by atoms with van der Waals surface area (Å²) in [5.74, 6) is 0.599. The van der Waals surface area contributed by atoms with E-state index in [1.165, 1.54) is 12.8 Å². The van der Waals surface area contributed by atoms with Gasteiger partial charge in [-0.1, -0.05) is 31.4 Å². The minimum absolute atomic E-state index is 0.0595. The second-order valence-electron chi connectivity index (χ2n) is 4.95. The molecule has 0 atom stereocenters. The normalized spacial score (nSPS) is 15.5. The van der Waals surface area contributed by atoms with Crippen molar-refractivity contribution in [2.24, 2.45) is 0 Å². The molecule has 1 aromatic heterocycles. The smallest absolute Gasteiger partial charge is 0.251 e. The van der Waals surface area contributed by atoms with Crippen LogP contribution in [0.15, 0.2) is 12.1 Å². The highest BCUT2D eigenvalue weighted by Crippen LogP contribution is 2.19. The largest absolute Gasteiger partial charge is 0.370 e. The molecule has 0 spiro atoms. The first-order valence-electron chi connectivity index (χ1n) is 6.91. The maximum absolute atomic E-state index is 12.2. The van der Waals surface area contributed by atoms with Gasteiger partial charge in [-0.3, -0.25) is 4.79 Å². The highest BCUT2D eigenvalue weighted by atomic mass is 35.5. The van der Waals surface area contributed by atoms with Gasteiger partial charge in [-0.25, -0.2) is 4.98 Å². The minimum atomic E-state index is -0.0595.